The predicted octanol–water partition coefficient (Wildman–Crippen LogP) is 23.9. The molecule has 0 amide bonds. The lowest BCUT2D eigenvalue weighted by Crippen LogP contribution is -2.30. The number of carbonyl (C=O) groups is 4. The number of hydrogen-bond donors (Lipinski definition) is 3. The summed E-state index contributed by atoms with van der Waals surface area (Å²) in [5.74, 6) is -0.502. The fraction of sp³-hybridized carbons (Fsp3) is 0.950. The van der Waals surface area contributed by atoms with E-state index in [2.05, 4.69) is 41.5 Å². The van der Waals surface area contributed by atoms with Crippen LogP contribution in [0.2, 0.25) is 0 Å². The molecule has 0 bridgehead atoms. The van der Waals surface area contributed by atoms with Gasteiger partial charge in [0.15, 0.2) is 12.2 Å². The molecule has 0 aliphatic heterocycles. The lowest BCUT2D eigenvalue weighted by Gasteiger charge is -2.21. The Bertz CT molecular complexity index is 1910. The first-order valence-corrected chi connectivity index (χ1v) is 44.5. The molecule has 0 saturated carbocycles. The lowest BCUT2D eigenvalue weighted by molar-refractivity contribution is -0.161. The van der Waals surface area contributed by atoms with Gasteiger partial charge in [-0.1, -0.05) is 369 Å². The number of aliphatic hydroxyl groups is 1. The van der Waals surface area contributed by atoms with Gasteiger partial charge in [0.25, 0.3) is 0 Å². The summed E-state index contributed by atoms with van der Waals surface area (Å²) in [6.07, 6.45) is 60.8. The van der Waals surface area contributed by atoms with E-state index in [-0.39, 0.29) is 25.7 Å². The third-order valence-corrected chi connectivity index (χ3v) is 21.0. The topological polar surface area (TPSA) is 237 Å². The molecule has 0 aromatic heterocycles. The summed E-state index contributed by atoms with van der Waals surface area (Å²) >= 11 is 0. The van der Waals surface area contributed by atoms with Crippen LogP contribution >= 0.6 is 15.6 Å². The predicted molar refractivity (Wildman–Crippen MR) is 405 cm³/mol. The maximum Gasteiger partial charge on any atom is 0.472 e. The van der Waals surface area contributed by atoms with Crippen molar-refractivity contribution in [2.45, 2.75) is 439 Å². The van der Waals surface area contributed by atoms with Gasteiger partial charge in [-0.15, -0.1) is 0 Å². The second kappa shape index (κ2) is 71.7. The quantitative estimate of drug-likeness (QED) is 0.0222. The molecule has 17 nitrogen and oxygen atoms in total. The Balaban J connectivity index is 5.27. The van der Waals surface area contributed by atoms with E-state index >= 15 is 0 Å². The van der Waals surface area contributed by atoms with Crippen molar-refractivity contribution >= 4 is 39.5 Å². The molecule has 0 heterocycles. The molecule has 0 rings (SSSR count). The molecule has 0 saturated heterocycles. The first-order chi connectivity index (χ1) is 47.9. The molecule has 0 aromatic carbocycles. The fourth-order valence-corrected chi connectivity index (χ4v) is 13.9. The maximum absolute atomic E-state index is 13.1. The normalized spacial score (nSPS) is 14.2. The van der Waals surface area contributed by atoms with Crippen LogP contribution in [0.4, 0.5) is 0 Å². The minimum absolute atomic E-state index is 0.108. The summed E-state index contributed by atoms with van der Waals surface area (Å²) in [5.41, 5.74) is 0. The summed E-state index contributed by atoms with van der Waals surface area (Å²) in [6, 6.07) is 0. The summed E-state index contributed by atoms with van der Waals surface area (Å²) in [6.45, 7) is 9.69. The van der Waals surface area contributed by atoms with Gasteiger partial charge in [0, 0.05) is 25.7 Å². The number of ether oxygens (including phenoxy) is 4. The summed E-state index contributed by atoms with van der Waals surface area (Å²) < 4.78 is 68.7. The van der Waals surface area contributed by atoms with Crippen molar-refractivity contribution in [2.75, 3.05) is 39.6 Å². The highest BCUT2D eigenvalue weighted by molar-refractivity contribution is 7.47. The molecule has 3 N–H and O–H groups in total. The van der Waals surface area contributed by atoms with Gasteiger partial charge in [-0.3, -0.25) is 37.3 Å². The standard InChI is InChI=1S/C80H156O17P2/c1-7-10-12-14-16-18-20-22-27-31-38-44-50-56-62-77(82)90-68-75(96-80(85)65-59-53-47-41-33-29-25-24-26-30-37-43-49-55-61-73(6)9-3)70-94-98(86,87)92-66-74(81)67-93-99(88,89)95-71-76(69-91-78(83)63-57-51-45-39-35-34-36-42-48-54-60-72(4)5)97-79(84)64-58-52-46-40-32-28-23-21-19-17-15-13-11-8-2/h72-76,81H,7-71H2,1-6H3,(H,86,87)(H,88,89)/t73?,74-,75-,76-/m1/s1. The number of esters is 4. The van der Waals surface area contributed by atoms with Crippen LogP contribution < -0.4 is 0 Å². The minimum atomic E-state index is -4.96. The second-order valence-corrected chi connectivity index (χ2v) is 32.4. The minimum Gasteiger partial charge on any atom is -0.462 e. The smallest absolute Gasteiger partial charge is 0.462 e. The molecule has 0 spiro atoms. The average Bonchev–Trinajstić information content (AvgIpc) is 0.969. The van der Waals surface area contributed by atoms with Crippen molar-refractivity contribution in [3.63, 3.8) is 0 Å². The Morgan fingerprint density at radius 3 is 0.768 bits per heavy atom. The number of carbonyl (C=O) groups excluding carboxylic acids is 4. The number of hydrogen-bond acceptors (Lipinski definition) is 15. The largest absolute Gasteiger partial charge is 0.472 e. The van der Waals surface area contributed by atoms with Crippen LogP contribution in [0.5, 0.6) is 0 Å². The molecule has 19 heteroatoms. The number of phosphoric acid groups is 2. The molecule has 0 fully saturated rings. The van der Waals surface area contributed by atoms with Gasteiger partial charge in [0.2, 0.25) is 0 Å². The third kappa shape index (κ3) is 72.8. The van der Waals surface area contributed by atoms with E-state index in [0.717, 1.165) is 102 Å². The Morgan fingerprint density at radius 1 is 0.293 bits per heavy atom. The van der Waals surface area contributed by atoms with Gasteiger partial charge >= 0.3 is 39.5 Å². The summed E-state index contributed by atoms with van der Waals surface area (Å²) in [5, 5.41) is 10.6. The zero-order valence-electron chi connectivity index (χ0n) is 64.8. The maximum atomic E-state index is 13.1. The highest BCUT2D eigenvalue weighted by Gasteiger charge is 2.30. The van der Waals surface area contributed by atoms with Crippen LogP contribution in [0.1, 0.15) is 420 Å². The van der Waals surface area contributed by atoms with Crippen LogP contribution in [-0.2, 0) is 65.4 Å². The van der Waals surface area contributed by atoms with Crippen LogP contribution in [0.25, 0.3) is 0 Å². The van der Waals surface area contributed by atoms with Crippen molar-refractivity contribution in [1.82, 2.24) is 0 Å². The number of unbranched alkanes of at least 4 members (excludes halogenated alkanes) is 48. The SMILES string of the molecule is CCCCCCCCCCCCCCCCC(=O)OC[C@H](COP(=O)(O)OC[C@@H](O)COP(=O)(O)OC[C@@H](COC(=O)CCCCCCCCCCCCC(C)C)OC(=O)CCCCCCCCCCCCCCCC)OC(=O)CCCCCCCCCCCCCCCCC(C)CC. The second-order valence-electron chi connectivity index (χ2n) is 29.5. The monoisotopic (exact) mass is 1450 g/mol. The van der Waals surface area contributed by atoms with E-state index in [1.165, 1.54) is 238 Å². The van der Waals surface area contributed by atoms with E-state index < -0.39 is 97.5 Å². The number of rotatable bonds is 79. The highest BCUT2D eigenvalue weighted by Crippen LogP contribution is 2.45. The van der Waals surface area contributed by atoms with Gasteiger partial charge in [0.1, 0.15) is 19.3 Å². The van der Waals surface area contributed by atoms with Crippen LogP contribution in [0, 0.1) is 11.8 Å². The van der Waals surface area contributed by atoms with Gasteiger partial charge in [-0.05, 0) is 37.5 Å². The molecule has 3 unspecified atom stereocenters. The summed E-state index contributed by atoms with van der Waals surface area (Å²) in [7, 11) is -9.92. The fourth-order valence-electron chi connectivity index (χ4n) is 12.3. The van der Waals surface area contributed by atoms with E-state index in [9.17, 15) is 43.2 Å². The van der Waals surface area contributed by atoms with Crippen molar-refractivity contribution in [1.29, 1.82) is 0 Å². The zero-order valence-corrected chi connectivity index (χ0v) is 66.6. The summed E-state index contributed by atoms with van der Waals surface area (Å²) in [4.78, 5) is 73.0. The molecule has 6 atom stereocenters. The highest BCUT2D eigenvalue weighted by atomic mass is 31.2. The van der Waals surface area contributed by atoms with E-state index in [1.54, 1.807) is 0 Å². The van der Waals surface area contributed by atoms with Crippen molar-refractivity contribution < 1.29 is 80.2 Å². The van der Waals surface area contributed by atoms with E-state index in [0.29, 0.717) is 25.7 Å². The molecule has 99 heavy (non-hydrogen) atoms. The molecule has 588 valence electrons. The zero-order chi connectivity index (χ0) is 72.8. The molecule has 0 aliphatic rings. The number of phosphoric ester groups is 2. The van der Waals surface area contributed by atoms with Crippen molar-refractivity contribution in [2.24, 2.45) is 11.8 Å². The van der Waals surface area contributed by atoms with Gasteiger partial charge in [-0.2, -0.15) is 0 Å². The van der Waals surface area contributed by atoms with E-state index in [4.69, 9.17) is 37.0 Å². The van der Waals surface area contributed by atoms with Crippen molar-refractivity contribution in [3.05, 3.63) is 0 Å². The molecule has 0 aromatic rings. The molecular weight excluding hydrogens is 1290 g/mol. The third-order valence-electron chi connectivity index (χ3n) is 19.1. The Labute approximate surface area is 607 Å². The van der Waals surface area contributed by atoms with Gasteiger partial charge in [0.05, 0.1) is 26.4 Å². The molecular formula is C80H156O17P2. The van der Waals surface area contributed by atoms with E-state index in [1.807, 2.05) is 0 Å². The Morgan fingerprint density at radius 2 is 0.515 bits per heavy atom. The van der Waals surface area contributed by atoms with Crippen LogP contribution in [0.15, 0.2) is 0 Å². The Kier molecular flexibility index (Phi) is 70.3. The van der Waals surface area contributed by atoms with Gasteiger partial charge in [-0.25, -0.2) is 9.13 Å². The average molecular weight is 1450 g/mol. The Hall–Kier alpha value is -1.94. The van der Waals surface area contributed by atoms with Crippen molar-refractivity contribution in [3.8, 4) is 0 Å². The van der Waals surface area contributed by atoms with Gasteiger partial charge < -0.3 is 33.8 Å². The first-order valence-electron chi connectivity index (χ1n) is 41.5. The molecule has 0 radical (unpaired) electrons. The van der Waals surface area contributed by atoms with Crippen LogP contribution in [0.3, 0.4) is 0 Å². The number of aliphatic hydroxyl groups excluding tert-OH is 1. The van der Waals surface area contributed by atoms with Crippen LogP contribution in [-0.4, -0.2) is 96.7 Å². The first kappa shape index (κ1) is 97.1. The molecule has 0 aliphatic carbocycles. The lowest BCUT2D eigenvalue weighted by atomic mass is 9.99.